The first-order valence-corrected chi connectivity index (χ1v) is 6.79. The van der Waals surface area contributed by atoms with E-state index >= 15 is 0 Å². The normalized spacial score (nSPS) is 11.2. The summed E-state index contributed by atoms with van der Waals surface area (Å²) in [6.07, 6.45) is 9.18. The van der Waals surface area contributed by atoms with Gasteiger partial charge in [0.25, 0.3) is 0 Å². The molecule has 0 aliphatic rings. The van der Waals surface area contributed by atoms with Crippen LogP contribution in [0.25, 0.3) is 0 Å². The Morgan fingerprint density at radius 1 is 0.688 bits per heavy atom. The zero-order chi connectivity index (χ0) is 12.1. The number of nitrogens with zero attached hydrogens (tertiary/aromatic N) is 1. The highest BCUT2D eigenvalue weighted by Gasteiger charge is 2.02. The monoisotopic (exact) mass is 231 g/mol. The molecular weight excluding hydrogens is 202 g/mol. The Morgan fingerprint density at radius 3 is 1.69 bits per heavy atom. The van der Waals surface area contributed by atoms with Crippen LogP contribution in [0.3, 0.4) is 0 Å². The van der Waals surface area contributed by atoms with Crippen molar-refractivity contribution in [3.05, 3.63) is 0 Å². The Balaban J connectivity index is 3.25. The molecular formula is C13H29NO2. The number of aliphatic hydroxyl groups excluding tert-OH is 2. The average Bonchev–Trinajstić information content (AvgIpc) is 2.28. The molecule has 3 heteroatoms. The molecule has 0 aliphatic heterocycles. The second kappa shape index (κ2) is 12.9. The fourth-order valence-electron chi connectivity index (χ4n) is 1.91. The van der Waals surface area contributed by atoms with Crippen molar-refractivity contribution in [1.82, 2.24) is 4.90 Å². The van der Waals surface area contributed by atoms with Crippen LogP contribution in [0.4, 0.5) is 0 Å². The van der Waals surface area contributed by atoms with Gasteiger partial charge in [0, 0.05) is 13.1 Å². The Morgan fingerprint density at radius 2 is 1.19 bits per heavy atom. The van der Waals surface area contributed by atoms with E-state index in [1.807, 2.05) is 0 Å². The number of unbranched alkanes of at least 4 members (excludes halogenated alkanes) is 6. The minimum absolute atomic E-state index is 0.191. The summed E-state index contributed by atoms with van der Waals surface area (Å²) in [4.78, 5) is 2.13. The van der Waals surface area contributed by atoms with E-state index < -0.39 is 0 Å². The number of hydrogen-bond acceptors (Lipinski definition) is 3. The van der Waals surface area contributed by atoms with Gasteiger partial charge in [0.05, 0.1) is 13.2 Å². The molecule has 0 spiro atoms. The van der Waals surface area contributed by atoms with Crippen LogP contribution in [0.15, 0.2) is 0 Å². The molecule has 0 aromatic heterocycles. The van der Waals surface area contributed by atoms with Crippen molar-refractivity contribution in [3.8, 4) is 0 Å². The molecule has 0 bridgehead atoms. The Bertz CT molecular complexity index is 125. The fourth-order valence-corrected chi connectivity index (χ4v) is 1.91. The van der Waals surface area contributed by atoms with Crippen LogP contribution in [0.1, 0.15) is 51.9 Å². The van der Waals surface area contributed by atoms with Crippen molar-refractivity contribution in [1.29, 1.82) is 0 Å². The molecule has 0 saturated heterocycles. The second-order valence-corrected chi connectivity index (χ2v) is 4.41. The largest absolute Gasteiger partial charge is 0.395 e. The maximum absolute atomic E-state index is 8.84. The Labute approximate surface area is 100 Å². The first kappa shape index (κ1) is 15.9. The third kappa shape index (κ3) is 10.4. The van der Waals surface area contributed by atoms with E-state index in [4.69, 9.17) is 10.2 Å². The highest BCUT2D eigenvalue weighted by atomic mass is 16.3. The van der Waals surface area contributed by atoms with Gasteiger partial charge in [-0.2, -0.15) is 0 Å². The van der Waals surface area contributed by atoms with Crippen LogP contribution in [0.5, 0.6) is 0 Å². The van der Waals surface area contributed by atoms with Crippen molar-refractivity contribution in [2.45, 2.75) is 51.9 Å². The summed E-state index contributed by atoms with van der Waals surface area (Å²) in [7, 11) is 0. The third-order valence-corrected chi connectivity index (χ3v) is 2.91. The zero-order valence-electron chi connectivity index (χ0n) is 10.8. The van der Waals surface area contributed by atoms with Crippen LogP contribution >= 0.6 is 0 Å². The van der Waals surface area contributed by atoms with E-state index in [0.29, 0.717) is 13.1 Å². The zero-order valence-corrected chi connectivity index (χ0v) is 10.8. The van der Waals surface area contributed by atoms with Gasteiger partial charge in [0.1, 0.15) is 0 Å². The standard InChI is InChI=1S/C13H29NO2/c1-2-3-4-5-6-7-8-9-14(10-12-15)11-13-16/h15-16H,2-13H2,1H3. The molecule has 0 saturated carbocycles. The van der Waals surface area contributed by atoms with Crippen molar-refractivity contribution in [2.75, 3.05) is 32.8 Å². The molecule has 0 radical (unpaired) electrons. The smallest absolute Gasteiger partial charge is 0.0558 e. The summed E-state index contributed by atoms with van der Waals surface area (Å²) in [5, 5.41) is 17.7. The number of rotatable bonds is 12. The van der Waals surface area contributed by atoms with Crippen LogP contribution in [-0.4, -0.2) is 48.0 Å². The Kier molecular flexibility index (Phi) is 12.9. The molecule has 0 aromatic carbocycles. The maximum atomic E-state index is 8.84. The van der Waals surface area contributed by atoms with E-state index in [-0.39, 0.29) is 13.2 Å². The lowest BCUT2D eigenvalue weighted by atomic mass is 10.1. The molecule has 16 heavy (non-hydrogen) atoms. The van der Waals surface area contributed by atoms with Gasteiger partial charge in [0.2, 0.25) is 0 Å². The highest BCUT2D eigenvalue weighted by Crippen LogP contribution is 2.07. The molecule has 0 amide bonds. The second-order valence-electron chi connectivity index (χ2n) is 4.41. The minimum atomic E-state index is 0.191. The van der Waals surface area contributed by atoms with Crippen LogP contribution < -0.4 is 0 Å². The van der Waals surface area contributed by atoms with Gasteiger partial charge >= 0.3 is 0 Å². The van der Waals surface area contributed by atoms with Crippen molar-refractivity contribution >= 4 is 0 Å². The van der Waals surface area contributed by atoms with E-state index in [1.165, 1.54) is 44.9 Å². The minimum Gasteiger partial charge on any atom is -0.395 e. The summed E-state index contributed by atoms with van der Waals surface area (Å²) in [6, 6.07) is 0. The topological polar surface area (TPSA) is 43.7 Å². The van der Waals surface area contributed by atoms with Crippen LogP contribution in [-0.2, 0) is 0 Å². The van der Waals surface area contributed by atoms with Gasteiger partial charge in [-0.15, -0.1) is 0 Å². The molecule has 0 aromatic rings. The maximum Gasteiger partial charge on any atom is 0.0558 e. The lowest BCUT2D eigenvalue weighted by Gasteiger charge is -2.19. The molecule has 0 atom stereocenters. The first-order valence-electron chi connectivity index (χ1n) is 6.79. The van der Waals surface area contributed by atoms with Gasteiger partial charge in [0.15, 0.2) is 0 Å². The third-order valence-electron chi connectivity index (χ3n) is 2.91. The predicted octanol–water partition coefficient (Wildman–Crippen LogP) is 2.02. The van der Waals surface area contributed by atoms with Gasteiger partial charge in [-0.25, -0.2) is 0 Å². The van der Waals surface area contributed by atoms with Crippen molar-refractivity contribution in [2.24, 2.45) is 0 Å². The molecule has 0 aliphatic carbocycles. The summed E-state index contributed by atoms with van der Waals surface area (Å²) in [6.45, 7) is 5.01. The predicted molar refractivity (Wildman–Crippen MR) is 68.6 cm³/mol. The first-order chi connectivity index (χ1) is 7.85. The van der Waals surface area contributed by atoms with Gasteiger partial charge in [-0.3, -0.25) is 4.90 Å². The van der Waals surface area contributed by atoms with E-state index in [1.54, 1.807) is 0 Å². The van der Waals surface area contributed by atoms with Crippen molar-refractivity contribution in [3.63, 3.8) is 0 Å². The number of hydrogen-bond donors (Lipinski definition) is 2. The molecule has 3 nitrogen and oxygen atoms in total. The Hall–Kier alpha value is -0.120. The SMILES string of the molecule is CCCCCCCCCN(CCO)CCO. The molecule has 0 heterocycles. The molecule has 2 N–H and O–H groups in total. The summed E-state index contributed by atoms with van der Waals surface area (Å²) >= 11 is 0. The lowest BCUT2D eigenvalue weighted by Crippen LogP contribution is -2.30. The van der Waals surface area contributed by atoms with E-state index in [9.17, 15) is 0 Å². The van der Waals surface area contributed by atoms with Crippen molar-refractivity contribution < 1.29 is 10.2 Å². The van der Waals surface area contributed by atoms with Crippen LogP contribution in [0, 0.1) is 0 Å². The van der Waals surface area contributed by atoms with E-state index in [0.717, 1.165) is 6.54 Å². The molecule has 0 rings (SSSR count). The molecule has 98 valence electrons. The van der Waals surface area contributed by atoms with Gasteiger partial charge in [-0.05, 0) is 13.0 Å². The van der Waals surface area contributed by atoms with E-state index in [2.05, 4.69) is 11.8 Å². The van der Waals surface area contributed by atoms with Gasteiger partial charge < -0.3 is 10.2 Å². The fraction of sp³-hybridized carbons (Fsp3) is 1.00. The van der Waals surface area contributed by atoms with Gasteiger partial charge in [-0.1, -0.05) is 45.4 Å². The summed E-state index contributed by atoms with van der Waals surface area (Å²) in [5.41, 5.74) is 0. The average molecular weight is 231 g/mol. The number of aliphatic hydroxyl groups is 2. The lowest BCUT2D eigenvalue weighted by molar-refractivity contribution is 0.159. The van der Waals surface area contributed by atoms with Crippen LogP contribution in [0.2, 0.25) is 0 Å². The quantitative estimate of drug-likeness (QED) is 0.505. The highest BCUT2D eigenvalue weighted by molar-refractivity contribution is 4.57. The summed E-state index contributed by atoms with van der Waals surface area (Å²) in [5.74, 6) is 0. The molecule has 0 unspecified atom stereocenters. The summed E-state index contributed by atoms with van der Waals surface area (Å²) < 4.78 is 0. The molecule has 0 fully saturated rings.